The molecule has 1 heterocycles. The van der Waals surface area contributed by atoms with Gasteiger partial charge < -0.3 is 5.32 Å². The first-order valence-corrected chi connectivity index (χ1v) is 6.63. The van der Waals surface area contributed by atoms with E-state index < -0.39 is 0 Å². The molecule has 4 nitrogen and oxygen atoms in total. The molecule has 2 aromatic rings. The average molecular weight is 282 g/mol. The molecule has 0 fully saturated rings. The number of nitrogens with one attached hydrogen (secondary N) is 1. The van der Waals surface area contributed by atoms with E-state index in [9.17, 15) is 4.79 Å². The number of hydrogen-bond acceptors (Lipinski definition) is 4. The van der Waals surface area contributed by atoms with Gasteiger partial charge in [0.15, 0.2) is 0 Å². The van der Waals surface area contributed by atoms with E-state index in [-0.39, 0.29) is 5.91 Å². The number of hydrogen-bond donors (Lipinski definition) is 1. The number of amides is 1. The van der Waals surface area contributed by atoms with Crippen molar-refractivity contribution < 1.29 is 4.79 Å². The van der Waals surface area contributed by atoms with Crippen molar-refractivity contribution in [1.29, 1.82) is 0 Å². The number of rotatable bonds is 4. The lowest BCUT2D eigenvalue weighted by atomic mass is 10.1. The second-order valence-corrected chi connectivity index (χ2v) is 5.50. The zero-order chi connectivity index (χ0) is 13.0. The first kappa shape index (κ1) is 13.0. The van der Waals surface area contributed by atoms with Gasteiger partial charge in [0.2, 0.25) is 5.91 Å². The van der Waals surface area contributed by atoms with E-state index in [2.05, 4.69) is 15.5 Å². The summed E-state index contributed by atoms with van der Waals surface area (Å²) in [5.74, 6) is -0.0369. The Balaban J connectivity index is 1.83. The van der Waals surface area contributed by atoms with Crippen LogP contribution in [0.3, 0.4) is 0 Å². The van der Waals surface area contributed by atoms with Crippen LogP contribution in [0.1, 0.15) is 15.6 Å². The Bertz CT molecular complexity index is 539. The van der Waals surface area contributed by atoms with Gasteiger partial charge in [0, 0.05) is 5.02 Å². The first-order chi connectivity index (χ1) is 8.63. The highest BCUT2D eigenvalue weighted by molar-refractivity contribution is 7.11. The van der Waals surface area contributed by atoms with E-state index in [0.717, 1.165) is 15.6 Å². The van der Waals surface area contributed by atoms with Gasteiger partial charge in [-0.1, -0.05) is 35.1 Å². The third-order valence-electron chi connectivity index (χ3n) is 2.28. The molecular weight excluding hydrogens is 270 g/mol. The molecule has 1 aromatic heterocycles. The lowest BCUT2D eigenvalue weighted by Gasteiger charge is -2.03. The van der Waals surface area contributed by atoms with Crippen molar-refractivity contribution in [1.82, 2.24) is 15.5 Å². The number of nitrogens with zero attached hydrogens (tertiary/aromatic N) is 2. The Morgan fingerprint density at radius 1 is 1.33 bits per heavy atom. The summed E-state index contributed by atoms with van der Waals surface area (Å²) in [4.78, 5) is 11.7. The maximum Gasteiger partial charge on any atom is 0.224 e. The van der Waals surface area contributed by atoms with Crippen LogP contribution < -0.4 is 5.32 Å². The summed E-state index contributed by atoms with van der Waals surface area (Å²) in [7, 11) is 0. The van der Waals surface area contributed by atoms with Crippen molar-refractivity contribution in [2.75, 3.05) is 0 Å². The number of carbonyl (C=O) groups is 1. The van der Waals surface area contributed by atoms with Crippen molar-refractivity contribution in [3.8, 4) is 0 Å². The summed E-state index contributed by atoms with van der Waals surface area (Å²) in [6.07, 6.45) is 0.342. The molecule has 0 aliphatic carbocycles. The Morgan fingerprint density at radius 2 is 2.06 bits per heavy atom. The third-order valence-corrected chi connectivity index (χ3v) is 3.37. The molecule has 94 valence electrons. The van der Waals surface area contributed by atoms with Crippen LogP contribution in [-0.2, 0) is 17.8 Å². The summed E-state index contributed by atoms with van der Waals surface area (Å²) in [6, 6.07) is 7.24. The van der Waals surface area contributed by atoms with Gasteiger partial charge in [-0.25, -0.2) is 0 Å². The Hall–Kier alpha value is -1.46. The van der Waals surface area contributed by atoms with E-state index in [1.807, 2.05) is 19.1 Å². The second-order valence-electron chi connectivity index (χ2n) is 3.79. The van der Waals surface area contributed by atoms with Crippen molar-refractivity contribution in [2.24, 2.45) is 0 Å². The topological polar surface area (TPSA) is 54.9 Å². The number of halogens is 1. The lowest BCUT2D eigenvalue weighted by molar-refractivity contribution is -0.120. The van der Waals surface area contributed by atoms with Gasteiger partial charge in [-0.2, -0.15) is 0 Å². The number of carbonyl (C=O) groups excluding carboxylic acids is 1. The summed E-state index contributed by atoms with van der Waals surface area (Å²) < 4.78 is 0. The molecule has 0 saturated heterocycles. The van der Waals surface area contributed by atoms with Crippen LogP contribution in [0.15, 0.2) is 24.3 Å². The largest absolute Gasteiger partial charge is 0.349 e. The van der Waals surface area contributed by atoms with E-state index in [1.54, 1.807) is 12.1 Å². The van der Waals surface area contributed by atoms with Gasteiger partial charge in [-0.3, -0.25) is 4.79 Å². The standard InChI is InChI=1S/C12H12ClN3OS/c1-8-15-16-12(18-8)7-14-11(17)6-9-2-4-10(13)5-3-9/h2-5H,6-7H2,1H3,(H,14,17). The number of benzene rings is 1. The zero-order valence-corrected chi connectivity index (χ0v) is 11.4. The molecule has 1 aromatic carbocycles. The van der Waals surface area contributed by atoms with Gasteiger partial charge in [0.05, 0.1) is 13.0 Å². The van der Waals surface area contributed by atoms with Crippen LogP contribution in [0.4, 0.5) is 0 Å². The quantitative estimate of drug-likeness (QED) is 0.936. The van der Waals surface area contributed by atoms with Crippen LogP contribution in [0.25, 0.3) is 0 Å². The summed E-state index contributed by atoms with van der Waals surface area (Å²) >= 11 is 7.26. The highest BCUT2D eigenvalue weighted by Crippen LogP contribution is 2.10. The highest BCUT2D eigenvalue weighted by atomic mass is 35.5. The van der Waals surface area contributed by atoms with E-state index in [0.29, 0.717) is 18.0 Å². The molecule has 1 amide bonds. The van der Waals surface area contributed by atoms with Crippen LogP contribution in [0.2, 0.25) is 5.02 Å². The van der Waals surface area contributed by atoms with Crippen LogP contribution >= 0.6 is 22.9 Å². The van der Waals surface area contributed by atoms with Crippen molar-refractivity contribution in [3.05, 3.63) is 44.9 Å². The summed E-state index contributed by atoms with van der Waals surface area (Å²) in [5, 5.41) is 13.0. The maximum absolute atomic E-state index is 11.7. The fraction of sp³-hybridized carbons (Fsp3) is 0.250. The van der Waals surface area contributed by atoms with Gasteiger partial charge in [-0.05, 0) is 24.6 Å². The lowest BCUT2D eigenvalue weighted by Crippen LogP contribution is -2.24. The second kappa shape index (κ2) is 5.93. The minimum Gasteiger partial charge on any atom is -0.349 e. The van der Waals surface area contributed by atoms with E-state index >= 15 is 0 Å². The fourth-order valence-corrected chi connectivity index (χ4v) is 2.21. The molecule has 0 radical (unpaired) electrons. The van der Waals surface area contributed by atoms with Gasteiger partial charge >= 0.3 is 0 Å². The Kier molecular flexibility index (Phi) is 4.28. The van der Waals surface area contributed by atoms with Gasteiger partial charge in [0.25, 0.3) is 0 Å². The highest BCUT2D eigenvalue weighted by Gasteiger charge is 2.05. The molecule has 2 rings (SSSR count). The molecule has 1 N–H and O–H groups in total. The number of aryl methyl sites for hydroxylation is 1. The fourth-order valence-electron chi connectivity index (χ4n) is 1.43. The molecule has 0 atom stereocenters. The number of aromatic nitrogens is 2. The van der Waals surface area contributed by atoms with Crippen LogP contribution in [0, 0.1) is 6.92 Å². The molecule has 18 heavy (non-hydrogen) atoms. The predicted octanol–water partition coefficient (Wildman–Crippen LogP) is 2.36. The monoisotopic (exact) mass is 281 g/mol. The Labute approximate surface area is 114 Å². The minimum absolute atomic E-state index is 0.0369. The third kappa shape index (κ3) is 3.78. The maximum atomic E-state index is 11.7. The van der Waals surface area contributed by atoms with E-state index in [1.165, 1.54) is 11.3 Å². The molecule has 6 heteroatoms. The molecule has 0 bridgehead atoms. The smallest absolute Gasteiger partial charge is 0.224 e. The van der Waals surface area contributed by atoms with E-state index in [4.69, 9.17) is 11.6 Å². The molecular formula is C12H12ClN3OS. The molecule has 0 spiro atoms. The van der Waals surface area contributed by atoms with Crippen LogP contribution in [-0.4, -0.2) is 16.1 Å². The molecule has 0 saturated carbocycles. The SMILES string of the molecule is Cc1nnc(CNC(=O)Cc2ccc(Cl)cc2)s1. The average Bonchev–Trinajstić information content (AvgIpc) is 2.76. The molecule has 0 aliphatic rings. The summed E-state index contributed by atoms with van der Waals surface area (Å²) in [6.45, 7) is 2.31. The minimum atomic E-state index is -0.0369. The van der Waals surface area contributed by atoms with Crippen LogP contribution in [0.5, 0.6) is 0 Å². The molecule has 0 aliphatic heterocycles. The first-order valence-electron chi connectivity index (χ1n) is 5.43. The Morgan fingerprint density at radius 3 is 2.67 bits per heavy atom. The predicted molar refractivity (Wildman–Crippen MR) is 71.6 cm³/mol. The van der Waals surface area contributed by atoms with Crippen molar-refractivity contribution in [2.45, 2.75) is 19.9 Å². The van der Waals surface area contributed by atoms with Crippen molar-refractivity contribution in [3.63, 3.8) is 0 Å². The van der Waals surface area contributed by atoms with Crippen molar-refractivity contribution >= 4 is 28.8 Å². The normalized spacial score (nSPS) is 10.3. The molecule has 0 unspecified atom stereocenters. The summed E-state index contributed by atoms with van der Waals surface area (Å²) in [5.41, 5.74) is 0.936. The zero-order valence-electron chi connectivity index (χ0n) is 9.81. The van der Waals surface area contributed by atoms with Gasteiger partial charge in [0.1, 0.15) is 10.0 Å². The van der Waals surface area contributed by atoms with Gasteiger partial charge in [-0.15, -0.1) is 10.2 Å².